The lowest BCUT2D eigenvalue weighted by molar-refractivity contribution is 0.182. The number of anilines is 1. The largest absolute Gasteiger partial charge is 0.383 e. The summed E-state index contributed by atoms with van der Waals surface area (Å²) in [4.78, 5) is 12.0. The Morgan fingerprint density at radius 2 is 2.42 bits per heavy atom. The molecule has 0 amide bonds. The van der Waals surface area contributed by atoms with Gasteiger partial charge in [-0.2, -0.15) is 5.10 Å². The number of methoxy groups -OCH3 is 1. The minimum absolute atomic E-state index is 0.195. The Morgan fingerprint density at radius 3 is 3.11 bits per heavy atom. The number of ether oxygens (including phenoxy) is 1. The molecule has 1 atom stereocenters. The van der Waals surface area contributed by atoms with Crippen LogP contribution >= 0.6 is 11.6 Å². The van der Waals surface area contributed by atoms with Gasteiger partial charge in [0.1, 0.15) is 5.02 Å². The highest BCUT2D eigenvalue weighted by Gasteiger charge is 2.14. The summed E-state index contributed by atoms with van der Waals surface area (Å²) < 4.78 is 6.24. The van der Waals surface area contributed by atoms with Crippen molar-refractivity contribution in [3.05, 3.63) is 33.7 Å². The van der Waals surface area contributed by atoms with Crippen molar-refractivity contribution in [1.82, 2.24) is 9.78 Å². The Bertz CT molecular complexity index is 513. The fraction of sp³-hybridized carbons (Fsp3) is 0.538. The fourth-order valence-corrected chi connectivity index (χ4v) is 2.25. The summed E-state index contributed by atoms with van der Waals surface area (Å²) in [6, 6.07) is 0.318. The highest BCUT2D eigenvalue weighted by molar-refractivity contribution is 6.32. The van der Waals surface area contributed by atoms with Gasteiger partial charge >= 0.3 is 0 Å². The van der Waals surface area contributed by atoms with E-state index in [4.69, 9.17) is 16.3 Å². The normalized spacial score (nSPS) is 18.5. The summed E-state index contributed by atoms with van der Waals surface area (Å²) in [7, 11) is 1.58. The standard InChI is InChI=1S/C13H18ClN3O2/c1-19-8-7-17-13(18)12(14)11(9-15-17)16-10-5-3-2-4-6-10/h2-3,9-10,16H,4-8H2,1H3. The van der Waals surface area contributed by atoms with Gasteiger partial charge in [-0.1, -0.05) is 23.8 Å². The molecule has 1 aromatic rings. The molecule has 5 nitrogen and oxygen atoms in total. The molecule has 1 aliphatic rings. The maximum atomic E-state index is 12.0. The van der Waals surface area contributed by atoms with Crippen LogP contribution in [-0.4, -0.2) is 29.5 Å². The van der Waals surface area contributed by atoms with Crippen LogP contribution in [0, 0.1) is 0 Å². The highest BCUT2D eigenvalue weighted by atomic mass is 35.5. The van der Waals surface area contributed by atoms with E-state index in [0.29, 0.717) is 24.9 Å². The molecule has 1 aromatic heterocycles. The summed E-state index contributed by atoms with van der Waals surface area (Å²) in [5.41, 5.74) is 0.329. The Hall–Kier alpha value is -1.33. The molecule has 1 N–H and O–H groups in total. The van der Waals surface area contributed by atoms with Crippen LogP contribution in [0.4, 0.5) is 5.69 Å². The van der Waals surface area contributed by atoms with E-state index in [-0.39, 0.29) is 10.6 Å². The van der Waals surface area contributed by atoms with Crippen molar-refractivity contribution in [3.63, 3.8) is 0 Å². The van der Waals surface area contributed by atoms with E-state index in [1.807, 2.05) is 0 Å². The molecule has 0 fully saturated rings. The van der Waals surface area contributed by atoms with Gasteiger partial charge in [-0.15, -0.1) is 0 Å². The number of aromatic nitrogens is 2. The van der Waals surface area contributed by atoms with Crippen molar-refractivity contribution in [2.24, 2.45) is 0 Å². The second-order valence-corrected chi connectivity index (χ2v) is 4.90. The quantitative estimate of drug-likeness (QED) is 0.841. The van der Waals surface area contributed by atoms with Crippen LogP contribution in [0.1, 0.15) is 19.3 Å². The number of nitrogens with zero attached hydrogens (tertiary/aromatic N) is 2. The van der Waals surface area contributed by atoms with Crippen molar-refractivity contribution in [1.29, 1.82) is 0 Å². The van der Waals surface area contributed by atoms with Crippen LogP contribution in [0.3, 0.4) is 0 Å². The van der Waals surface area contributed by atoms with Gasteiger partial charge in [0.05, 0.1) is 25.0 Å². The van der Waals surface area contributed by atoms with Gasteiger partial charge in [0.15, 0.2) is 0 Å². The minimum Gasteiger partial charge on any atom is -0.383 e. The SMILES string of the molecule is COCCn1ncc(NC2CC=CCC2)c(Cl)c1=O. The molecule has 0 aromatic carbocycles. The Kier molecular flexibility index (Phi) is 4.99. The molecular weight excluding hydrogens is 266 g/mol. The van der Waals surface area contributed by atoms with Crippen molar-refractivity contribution < 1.29 is 4.74 Å². The topological polar surface area (TPSA) is 56.1 Å². The maximum absolute atomic E-state index is 12.0. The Balaban J connectivity index is 2.11. The predicted molar refractivity (Wildman–Crippen MR) is 75.8 cm³/mol. The molecule has 1 unspecified atom stereocenters. The van der Waals surface area contributed by atoms with Gasteiger partial charge in [-0.25, -0.2) is 4.68 Å². The number of rotatable bonds is 5. The van der Waals surface area contributed by atoms with Crippen molar-refractivity contribution in [2.45, 2.75) is 31.8 Å². The summed E-state index contributed by atoms with van der Waals surface area (Å²) in [6.07, 6.45) is 8.96. The molecule has 1 aliphatic carbocycles. The van der Waals surface area contributed by atoms with Crippen LogP contribution in [0.15, 0.2) is 23.1 Å². The van der Waals surface area contributed by atoms with Gasteiger partial charge < -0.3 is 10.1 Å². The molecule has 104 valence electrons. The monoisotopic (exact) mass is 283 g/mol. The Labute approximate surface area is 117 Å². The smallest absolute Gasteiger partial charge is 0.287 e. The first-order valence-electron chi connectivity index (χ1n) is 6.38. The van der Waals surface area contributed by atoms with Crippen molar-refractivity contribution in [2.75, 3.05) is 19.0 Å². The van der Waals surface area contributed by atoms with E-state index < -0.39 is 0 Å². The zero-order valence-electron chi connectivity index (χ0n) is 10.9. The summed E-state index contributed by atoms with van der Waals surface area (Å²) in [6.45, 7) is 0.838. The zero-order chi connectivity index (χ0) is 13.7. The van der Waals surface area contributed by atoms with Crippen LogP contribution in [-0.2, 0) is 11.3 Å². The maximum Gasteiger partial charge on any atom is 0.287 e. The first kappa shape index (κ1) is 14.1. The number of halogens is 1. The minimum atomic E-state index is -0.282. The zero-order valence-corrected chi connectivity index (χ0v) is 11.7. The van der Waals surface area contributed by atoms with Crippen LogP contribution in [0.2, 0.25) is 5.02 Å². The highest BCUT2D eigenvalue weighted by Crippen LogP contribution is 2.21. The lowest BCUT2D eigenvalue weighted by atomic mass is 10.0. The first-order chi connectivity index (χ1) is 9.22. The third kappa shape index (κ3) is 3.58. The molecule has 6 heteroatoms. The third-order valence-corrected chi connectivity index (χ3v) is 3.49. The van der Waals surface area contributed by atoms with Gasteiger partial charge in [0.2, 0.25) is 0 Å². The van der Waals surface area contributed by atoms with E-state index in [2.05, 4.69) is 22.6 Å². The van der Waals surface area contributed by atoms with E-state index in [0.717, 1.165) is 19.3 Å². The molecule has 0 aliphatic heterocycles. The molecule has 0 saturated heterocycles. The second-order valence-electron chi connectivity index (χ2n) is 4.52. The average molecular weight is 284 g/mol. The molecule has 0 radical (unpaired) electrons. The van der Waals surface area contributed by atoms with Crippen LogP contribution in [0.25, 0.3) is 0 Å². The van der Waals surface area contributed by atoms with E-state index >= 15 is 0 Å². The third-order valence-electron chi connectivity index (χ3n) is 3.12. The lowest BCUT2D eigenvalue weighted by Crippen LogP contribution is -2.28. The number of nitrogens with one attached hydrogen (secondary N) is 1. The van der Waals surface area contributed by atoms with Gasteiger partial charge in [0.25, 0.3) is 5.56 Å². The molecule has 0 bridgehead atoms. The van der Waals surface area contributed by atoms with Crippen LogP contribution in [0.5, 0.6) is 0 Å². The molecule has 1 heterocycles. The summed E-state index contributed by atoms with van der Waals surface area (Å²) in [5.74, 6) is 0. The van der Waals surface area contributed by atoms with Gasteiger partial charge in [-0.3, -0.25) is 4.79 Å². The molecule has 2 rings (SSSR count). The predicted octanol–water partition coefficient (Wildman–Crippen LogP) is 2.06. The lowest BCUT2D eigenvalue weighted by Gasteiger charge is -2.21. The number of hydrogen-bond donors (Lipinski definition) is 1. The van der Waals surface area contributed by atoms with Crippen LogP contribution < -0.4 is 10.9 Å². The fourth-order valence-electron chi connectivity index (χ4n) is 2.05. The molecule has 0 spiro atoms. The summed E-state index contributed by atoms with van der Waals surface area (Å²) in [5, 5.41) is 7.58. The van der Waals surface area contributed by atoms with E-state index in [9.17, 15) is 4.79 Å². The summed E-state index contributed by atoms with van der Waals surface area (Å²) >= 11 is 6.10. The van der Waals surface area contributed by atoms with Crippen molar-refractivity contribution in [3.8, 4) is 0 Å². The second kappa shape index (κ2) is 6.73. The van der Waals surface area contributed by atoms with Gasteiger partial charge in [-0.05, 0) is 19.3 Å². The molecule has 0 saturated carbocycles. The molecule has 19 heavy (non-hydrogen) atoms. The number of allylic oxidation sites excluding steroid dienone is 1. The van der Waals surface area contributed by atoms with E-state index in [1.165, 1.54) is 4.68 Å². The first-order valence-corrected chi connectivity index (χ1v) is 6.76. The Morgan fingerprint density at radius 1 is 1.58 bits per heavy atom. The van der Waals surface area contributed by atoms with Crippen molar-refractivity contribution >= 4 is 17.3 Å². The number of hydrogen-bond acceptors (Lipinski definition) is 4. The van der Waals surface area contributed by atoms with Gasteiger partial charge in [0, 0.05) is 13.2 Å². The average Bonchev–Trinajstić information content (AvgIpc) is 2.44. The van der Waals surface area contributed by atoms with E-state index in [1.54, 1.807) is 13.3 Å². The molecular formula is C13H18ClN3O2.